The Kier molecular flexibility index (Phi) is 3.38. The normalized spacial score (nSPS) is 33.0. The molecule has 2 unspecified atom stereocenters. The molecule has 17 heavy (non-hydrogen) atoms. The molecule has 2 aliphatic rings. The van der Waals surface area contributed by atoms with Crippen LogP contribution < -0.4 is 0 Å². The number of likely N-dealkylation sites (tertiary alicyclic amines) is 1. The van der Waals surface area contributed by atoms with Gasteiger partial charge in [0.2, 0.25) is 5.91 Å². The lowest BCUT2D eigenvalue weighted by atomic mass is 9.84. The van der Waals surface area contributed by atoms with E-state index < -0.39 is 11.4 Å². The standard InChI is InChI=1S/C12H19NO4/c1-2-12(11(15)16)4-5-13(8-12)10(14)9-3-6-17-7-9/h9H,2-8H2,1H3,(H,15,16). The van der Waals surface area contributed by atoms with E-state index in [1.807, 2.05) is 6.92 Å². The summed E-state index contributed by atoms with van der Waals surface area (Å²) < 4.78 is 5.20. The average Bonchev–Trinajstić information content (AvgIpc) is 2.98. The number of ether oxygens (including phenoxy) is 1. The minimum atomic E-state index is -0.780. The van der Waals surface area contributed by atoms with Crippen molar-refractivity contribution in [3.8, 4) is 0 Å². The zero-order valence-corrected chi connectivity index (χ0v) is 10.1. The monoisotopic (exact) mass is 241 g/mol. The van der Waals surface area contributed by atoms with Crippen molar-refractivity contribution in [3.63, 3.8) is 0 Å². The average molecular weight is 241 g/mol. The predicted molar refractivity (Wildman–Crippen MR) is 60.5 cm³/mol. The summed E-state index contributed by atoms with van der Waals surface area (Å²) in [5.41, 5.74) is -0.727. The van der Waals surface area contributed by atoms with E-state index in [2.05, 4.69) is 0 Å². The highest BCUT2D eigenvalue weighted by Crippen LogP contribution is 2.35. The van der Waals surface area contributed by atoms with Crippen LogP contribution in [0.5, 0.6) is 0 Å². The molecule has 2 fully saturated rings. The number of carbonyl (C=O) groups excluding carboxylic acids is 1. The van der Waals surface area contributed by atoms with Crippen molar-refractivity contribution in [1.82, 2.24) is 4.90 Å². The molecule has 0 saturated carbocycles. The van der Waals surface area contributed by atoms with Gasteiger partial charge in [0, 0.05) is 19.7 Å². The van der Waals surface area contributed by atoms with Gasteiger partial charge < -0.3 is 14.7 Å². The van der Waals surface area contributed by atoms with E-state index in [0.717, 1.165) is 6.42 Å². The van der Waals surface area contributed by atoms with Crippen LogP contribution in [0.2, 0.25) is 0 Å². The lowest BCUT2D eigenvalue weighted by Gasteiger charge is -2.24. The van der Waals surface area contributed by atoms with E-state index in [1.165, 1.54) is 0 Å². The van der Waals surface area contributed by atoms with Gasteiger partial charge in [0.15, 0.2) is 0 Å². The maximum absolute atomic E-state index is 12.1. The Morgan fingerprint density at radius 1 is 1.53 bits per heavy atom. The molecule has 0 aromatic carbocycles. The zero-order chi connectivity index (χ0) is 12.5. The minimum absolute atomic E-state index is 0.0588. The van der Waals surface area contributed by atoms with Crippen LogP contribution in [-0.4, -0.2) is 48.2 Å². The van der Waals surface area contributed by atoms with Crippen molar-refractivity contribution in [2.45, 2.75) is 26.2 Å². The van der Waals surface area contributed by atoms with E-state index in [4.69, 9.17) is 4.74 Å². The van der Waals surface area contributed by atoms with Crippen LogP contribution in [0.25, 0.3) is 0 Å². The topological polar surface area (TPSA) is 66.8 Å². The molecule has 5 nitrogen and oxygen atoms in total. The van der Waals surface area contributed by atoms with Crippen LogP contribution >= 0.6 is 0 Å². The third-order valence-electron chi connectivity index (χ3n) is 4.07. The second-order valence-corrected chi connectivity index (χ2v) is 5.01. The van der Waals surface area contributed by atoms with Gasteiger partial charge in [-0.15, -0.1) is 0 Å². The third kappa shape index (κ3) is 2.16. The van der Waals surface area contributed by atoms with Crippen LogP contribution in [0, 0.1) is 11.3 Å². The number of carbonyl (C=O) groups is 2. The Morgan fingerprint density at radius 3 is 2.76 bits per heavy atom. The fourth-order valence-corrected chi connectivity index (χ4v) is 2.66. The number of carboxylic acids is 1. The maximum Gasteiger partial charge on any atom is 0.311 e. The fourth-order valence-electron chi connectivity index (χ4n) is 2.66. The van der Waals surface area contributed by atoms with Crippen molar-refractivity contribution in [2.75, 3.05) is 26.3 Å². The van der Waals surface area contributed by atoms with Crippen LogP contribution in [0.15, 0.2) is 0 Å². The molecule has 0 aromatic rings. The molecule has 1 N–H and O–H groups in total. The molecule has 0 aromatic heterocycles. The van der Waals surface area contributed by atoms with E-state index in [9.17, 15) is 14.7 Å². The first-order chi connectivity index (χ1) is 8.09. The van der Waals surface area contributed by atoms with Gasteiger partial charge in [-0.1, -0.05) is 6.92 Å². The number of carboxylic acid groups (broad SMARTS) is 1. The number of amides is 1. The number of aliphatic carboxylic acids is 1. The molecule has 96 valence electrons. The summed E-state index contributed by atoms with van der Waals surface area (Å²) in [5.74, 6) is -0.770. The number of nitrogens with zero attached hydrogens (tertiary/aromatic N) is 1. The zero-order valence-electron chi connectivity index (χ0n) is 10.1. The minimum Gasteiger partial charge on any atom is -0.481 e. The van der Waals surface area contributed by atoms with E-state index >= 15 is 0 Å². The van der Waals surface area contributed by atoms with Gasteiger partial charge in [-0.25, -0.2) is 0 Å². The smallest absolute Gasteiger partial charge is 0.311 e. The van der Waals surface area contributed by atoms with Gasteiger partial charge in [0.1, 0.15) is 0 Å². The number of hydrogen-bond donors (Lipinski definition) is 1. The first-order valence-corrected chi connectivity index (χ1v) is 6.19. The van der Waals surface area contributed by atoms with E-state index in [0.29, 0.717) is 39.1 Å². The summed E-state index contributed by atoms with van der Waals surface area (Å²) in [5, 5.41) is 9.27. The van der Waals surface area contributed by atoms with Crippen molar-refractivity contribution < 1.29 is 19.4 Å². The van der Waals surface area contributed by atoms with Gasteiger partial charge in [0.25, 0.3) is 0 Å². The van der Waals surface area contributed by atoms with Gasteiger partial charge in [-0.05, 0) is 19.3 Å². The fraction of sp³-hybridized carbons (Fsp3) is 0.833. The third-order valence-corrected chi connectivity index (χ3v) is 4.07. The van der Waals surface area contributed by atoms with Crippen LogP contribution in [0.3, 0.4) is 0 Å². The Hall–Kier alpha value is -1.10. The Labute approximate surface area is 101 Å². The molecule has 2 aliphatic heterocycles. The number of hydrogen-bond acceptors (Lipinski definition) is 3. The van der Waals surface area contributed by atoms with Gasteiger partial charge in [-0.3, -0.25) is 9.59 Å². The summed E-state index contributed by atoms with van der Waals surface area (Å²) in [7, 11) is 0. The summed E-state index contributed by atoms with van der Waals surface area (Å²) in [4.78, 5) is 25.1. The first-order valence-electron chi connectivity index (χ1n) is 6.19. The highest BCUT2D eigenvalue weighted by Gasteiger charge is 2.45. The molecule has 2 atom stereocenters. The van der Waals surface area contributed by atoms with Crippen LogP contribution in [-0.2, 0) is 14.3 Å². The summed E-state index contributed by atoms with van der Waals surface area (Å²) in [6.45, 7) is 3.92. The Bertz CT molecular complexity index is 324. The van der Waals surface area contributed by atoms with Crippen molar-refractivity contribution in [3.05, 3.63) is 0 Å². The molecule has 0 aliphatic carbocycles. The number of rotatable bonds is 3. The maximum atomic E-state index is 12.1. The molecule has 0 radical (unpaired) electrons. The molecule has 2 heterocycles. The first kappa shape index (κ1) is 12.4. The van der Waals surface area contributed by atoms with Crippen molar-refractivity contribution in [2.24, 2.45) is 11.3 Å². The lowest BCUT2D eigenvalue weighted by Crippen LogP contribution is -2.39. The summed E-state index contributed by atoms with van der Waals surface area (Å²) in [6, 6.07) is 0. The largest absolute Gasteiger partial charge is 0.481 e. The summed E-state index contributed by atoms with van der Waals surface area (Å²) in [6.07, 6.45) is 1.91. The Balaban J connectivity index is 2.01. The van der Waals surface area contributed by atoms with Gasteiger partial charge in [0.05, 0.1) is 17.9 Å². The molecule has 0 spiro atoms. The van der Waals surface area contributed by atoms with Crippen LogP contribution in [0.1, 0.15) is 26.2 Å². The second kappa shape index (κ2) is 4.64. The highest BCUT2D eigenvalue weighted by atomic mass is 16.5. The highest BCUT2D eigenvalue weighted by molar-refractivity contribution is 5.82. The quantitative estimate of drug-likeness (QED) is 0.791. The van der Waals surface area contributed by atoms with Gasteiger partial charge >= 0.3 is 5.97 Å². The lowest BCUT2D eigenvalue weighted by molar-refractivity contribution is -0.149. The van der Waals surface area contributed by atoms with Gasteiger partial charge in [-0.2, -0.15) is 0 Å². The molecule has 2 rings (SSSR count). The van der Waals surface area contributed by atoms with E-state index in [-0.39, 0.29) is 11.8 Å². The summed E-state index contributed by atoms with van der Waals surface area (Å²) >= 11 is 0. The van der Waals surface area contributed by atoms with E-state index in [1.54, 1.807) is 4.90 Å². The Morgan fingerprint density at radius 2 is 2.29 bits per heavy atom. The molecule has 1 amide bonds. The second-order valence-electron chi connectivity index (χ2n) is 5.01. The SMILES string of the molecule is CCC1(C(=O)O)CCN(C(=O)C2CCOC2)C1. The van der Waals surface area contributed by atoms with Crippen LogP contribution in [0.4, 0.5) is 0 Å². The van der Waals surface area contributed by atoms with Crippen molar-refractivity contribution in [1.29, 1.82) is 0 Å². The predicted octanol–water partition coefficient (Wildman–Crippen LogP) is 0.736. The molecular formula is C12H19NO4. The molecule has 0 bridgehead atoms. The molecule has 2 saturated heterocycles. The van der Waals surface area contributed by atoms with Crippen molar-refractivity contribution >= 4 is 11.9 Å². The molecule has 5 heteroatoms. The molecular weight excluding hydrogens is 222 g/mol.